The largest absolute Gasteiger partial charge is 0.442 e. The molecule has 0 spiro atoms. The molecule has 0 bridgehead atoms. The molecule has 0 aliphatic carbocycles. The number of aromatic nitrogens is 1. The third-order valence-corrected chi connectivity index (χ3v) is 2.21. The van der Waals surface area contributed by atoms with E-state index in [1.54, 1.807) is 6.07 Å². The van der Waals surface area contributed by atoms with Gasteiger partial charge in [0.15, 0.2) is 12.0 Å². The van der Waals surface area contributed by atoms with Gasteiger partial charge in [0.25, 0.3) is 0 Å². The number of hydrogen-bond donors (Lipinski definition) is 1. The lowest BCUT2D eigenvalue weighted by molar-refractivity contribution is 0.602. The van der Waals surface area contributed by atoms with Gasteiger partial charge in [0.2, 0.25) is 0 Å². The van der Waals surface area contributed by atoms with Gasteiger partial charge < -0.3 is 10.2 Å². The summed E-state index contributed by atoms with van der Waals surface area (Å²) in [5.41, 5.74) is 6.91. The Balaban J connectivity index is 2.97. The van der Waals surface area contributed by atoms with Gasteiger partial charge in [-0.1, -0.05) is 23.2 Å². The molecular formula is C7H4Cl2N2O. The SMILES string of the molecule is Nc1cc(Cl)c2ncoc2c1Cl. The molecule has 0 saturated carbocycles. The second kappa shape index (κ2) is 2.54. The van der Waals surface area contributed by atoms with Crippen molar-refractivity contribution in [3.05, 3.63) is 22.5 Å². The number of nitrogen functional groups attached to an aromatic ring is 1. The third kappa shape index (κ3) is 0.940. The molecule has 2 rings (SSSR count). The smallest absolute Gasteiger partial charge is 0.182 e. The van der Waals surface area contributed by atoms with Gasteiger partial charge in [0, 0.05) is 0 Å². The zero-order chi connectivity index (χ0) is 8.72. The van der Waals surface area contributed by atoms with Crippen molar-refractivity contribution in [3.8, 4) is 0 Å². The molecule has 1 heterocycles. The van der Waals surface area contributed by atoms with Gasteiger partial charge in [-0.3, -0.25) is 0 Å². The molecule has 0 unspecified atom stereocenters. The molecule has 0 radical (unpaired) electrons. The third-order valence-electron chi connectivity index (χ3n) is 1.53. The predicted octanol–water partition coefficient (Wildman–Crippen LogP) is 2.72. The molecule has 0 aliphatic rings. The number of oxazole rings is 1. The average molecular weight is 203 g/mol. The summed E-state index contributed by atoms with van der Waals surface area (Å²) in [6.45, 7) is 0. The van der Waals surface area contributed by atoms with Crippen molar-refractivity contribution in [1.82, 2.24) is 4.98 Å². The van der Waals surface area contributed by atoms with Crippen LogP contribution in [0.2, 0.25) is 10.0 Å². The minimum absolute atomic E-state index is 0.354. The molecular weight excluding hydrogens is 199 g/mol. The Morgan fingerprint density at radius 3 is 2.92 bits per heavy atom. The lowest BCUT2D eigenvalue weighted by Gasteiger charge is -1.98. The van der Waals surface area contributed by atoms with Crippen LogP contribution in [0.3, 0.4) is 0 Å². The van der Waals surface area contributed by atoms with Crippen molar-refractivity contribution in [2.45, 2.75) is 0 Å². The number of anilines is 1. The van der Waals surface area contributed by atoms with Crippen molar-refractivity contribution in [2.24, 2.45) is 0 Å². The minimum atomic E-state index is 0.354. The Bertz CT molecular complexity index is 438. The Kier molecular flexibility index (Phi) is 1.63. The van der Waals surface area contributed by atoms with E-state index in [0.29, 0.717) is 26.8 Å². The van der Waals surface area contributed by atoms with Crippen LogP contribution in [0.15, 0.2) is 16.9 Å². The first kappa shape index (κ1) is 7.71. The Labute approximate surface area is 78.1 Å². The molecule has 0 atom stereocenters. The second-order valence-corrected chi connectivity index (χ2v) is 3.08. The molecule has 0 aliphatic heterocycles. The summed E-state index contributed by atoms with van der Waals surface area (Å²) in [5.74, 6) is 0. The van der Waals surface area contributed by atoms with E-state index in [4.69, 9.17) is 33.4 Å². The summed E-state index contributed by atoms with van der Waals surface area (Å²) in [4.78, 5) is 3.88. The zero-order valence-corrected chi connectivity index (χ0v) is 7.36. The normalized spacial score (nSPS) is 10.8. The van der Waals surface area contributed by atoms with Crippen molar-refractivity contribution < 1.29 is 4.42 Å². The first-order valence-corrected chi connectivity index (χ1v) is 3.92. The number of benzene rings is 1. The molecule has 3 nitrogen and oxygen atoms in total. The lowest BCUT2D eigenvalue weighted by atomic mass is 10.3. The van der Waals surface area contributed by atoms with Gasteiger partial charge in [0.05, 0.1) is 10.7 Å². The standard InChI is InChI=1S/C7H4Cl2N2O/c8-3-1-4(10)5(9)7-6(3)11-2-12-7/h1-2H,10H2. The number of nitrogens with zero attached hydrogens (tertiary/aromatic N) is 1. The van der Waals surface area contributed by atoms with E-state index in [0.717, 1.165) is 0 Å². The summed E-state index contributed by atoms with van der Waals surface area (Å²) in [6, 6.07) is 1.55. The maximum Gasteiger partial charge on any atom is 0.182 e. The van der Waals surface area contributed by atoms with Crippen LogP contribution in [0, 0.1) is 0 Å². The van der Waals surface area contributed by atoms with Gasteiger partial charge in [0.1, 0.15) is 10.5 Å². The van der Waals surface area contributed by atoms with Crippen LogP contribution in [-0.4, -0.2) is 4.98 Å². The summed E-state index contributed by atoms with van der Waals surface area (Å²) in [7, 11) is 0. The van der Waals surface area contributed by atoms with E-state index in [9.17, 15) is 0 Å². The highest BCUT2D eigenvalue weighted by Gasteiger charge is 2.10. The Morgan fingerprint density at radius 1 is 1.42 bits per heavy atom. The maximum absolute atomic E-state index is 5.82. The number of halogens is 2. The van der Waals surface area contributed by atoms with E-state index in [2.05, 4.69) is 4.98 Å². The highest BCUT2D eigenvalue weighted by Crippen LogP contribution is 2.33. The first-order chi connectivity index (χ1) is 5.70. The molecule has 1 aromatic carbocycles. The van der Waals surface area contributed by atoms with Crippen molar-refractivity contribution >= 4 is 40.0 Å². The van der Waals surface area contributed by atoms with E-state index in [-0.39, 0.29) is 0 Å². The van der Waals surface area contributed by atoms with Crippen LogP contribution in [0.25, 0.3) is 11.1 Å². The van der Waals surface area contributed by atoms with Crippen molar-refractivity contribution in [3.63, 3.8) is 0 Å². The zero-order valence-electron chi connectivity index (χ0n) is 5.84. The molecule has 2 N–H and O–H groups in total. The molecule has 2 aromatic rings. The Morgan fingerprint density at radius 2 is 2.17 bits per heavy atom. The van der Waals surface area contributed by atoms with Gasteiger partial charge in [-0.15, -0.1) is 0 Å². The van der Waals surface area contributed by atoms with E-state index in [1.807, 2.05) is 0 Å². The number of fused-ring (bicyclic) bond motifs is 1. The molecule has 1 aromatic heterocycles. The van der Waals surface area contributed by atoms with Crippen LogP contribution < -0.4 is 5.73 Å². The van der Waals surface area contributed by atoms with Crippen molar-refractivity contribution in [2.75, 3.05) is 5.73 Å². The fourth-order valence-electron chi connectivity index (χ4n) is 0.971. The van der Waals surface area contributed by atoms with Crippen LogP contribution in [0.4, 0.5) is 5.69 Å². The van der Waals surface area contributed by atoms with E-state index >= 15 is 0 Å². The highest BCUT2D eigenvalue weighted by atomic mass is 35.5. The fourth-order valence-corrected chi connectivity index (χ4v) is 1.41. The van der Waals surface area contributed by atoms with Gasteiger partial charge >= 0.3 is 0 Å². The van der Waals surface area contributed by atoms with Crippen LogP contribution in [-0.2, 0) is 0 Å². The van der Waals surface area contributed by atoms with Crippen LogP contribution >= 0.6 is 23.2 Å². The molecule has 12 heavy (non-hydrogen) atoms. The summed E-state index contributed by atoms with van der Waals surface area (Å²) in [5, 5.41) is 0.799. The number of rotatable bonds is 0. The van der Waals surface area contributed by atoms with Crippen molar-refractivity contribution in [1.29, 1.82) is 0 Å². The topological polar surface area (TPSA) is 52.0 Å². The minimum Gasteiger partial charge on any atom is -0.442 e. The molecule has 0 amide bonds. The molecule has 5 heteroatoms. The van der Waals surface area contributed by atoms with Gasteiger partial charge in [-0.25, -0.2) is 4.98 Å². The first-order valence-electron chi connectivity index (χ1n) is 3.17. The predicted molar refractivity (Wildman–Crippen MR) is 48.4 cm³/mol. The number of hydrogen-bond acceptors (Lipinski definition) is 3. The Hall–Kier alpha value is -0.930. The summed E-state index contributed by atoms with van der Waals surface area (Å²) >= 11 is 11.6. The summed E-state index contributed by atoms with van der Waals surface area (Å²) in [6.07, 6.45) is 1.28. The highest BCUT2D eigenvalue weighted by molar-refractivity contribution is 6.41. The van der Waals surface area contributed by atoms with Crippen LogP contribution in [0.1, 0.15) is 0 Å². The molecule has 62 valence electrons. The second-order valence-electron chi connectivity index (χ2n) is 2.29. The molecule has 0 fully saturated rings. The number of nitrogens with two attached hydrogens (primary N) is 1. The quantitative estimate of drug-likeness (QED) is 0.669. The van der Waals surface area contributed by atoms with Crippen LogP contribution in [0.5, 0.6) is 0 Å². The van der Waals surface area contributed by atoms with E-state index in [1.165, 1.54) is 6.39 Å². The average Bonchev–Trinajstić information content (AvgIpc) is 2.48. The molecule has 0 saturated heterocycles. The lowest BCUT2D eigenvalue weighted by Crippen LogP contribution is -1.86. The maximum atomic E-state index is 5.82. The van der Waals surface area contributed by atoms with E-state index < -0.39 is 0 Å². The van der Waals surface area contributed by atoms with Gasteiger partial charge in [-0.2, -0.15) is 0 Å². The summed E-state index contributed by atoms with van der Waals surface area (Å²) < 4.78 is 5.00. The fraction of sp³-hybridized carbons (Fsp3) is 0. The van der Waals surface area contributed by atoms with Gasteiger partial charge in [-0.05, 0) is 6.07 Å². The monoisotopic (exact) mass is 202 g/mol.